The summed E-state index contributed by atoms with van der Waals surface area (Å²) in [6, 6.07) is 16.2. The molecule has 1 atom stereocenters. The van der Waals surface area contributed by atoms with E-state index in [-0.39, 0.29) is 12.1 Å². The summed E-state index contributed by atoms with van der Waals surface area (Å²) in [6.45, 7) is 9.92. The minimum Gasteiger partial charge on any atom is -0.334 e. The smallest absolute Gasteiger partial charge is 0.315 e. The summed E-state index contributed by atoms with van der Waals surface area (Å²) < 4.78 is 1.03. The maximum absolute atomic E-state index is 12.1. The topological polar surface area (TPSA) is 44.4 Å². The van der Waals surface area contributed by atoms with Crippen LogP contribution in [0.5, 0.6) is 0 Å². The number of nitrogens with zero attached hydrogens (tertiary/aromatic N) is 1. The Balaban J connectivity index is 1.80. The summed E-state index contributed by atoms with van der Waals surface area (Å²) >= 11 is 3.42. The lowest BCUT2D eigenvalue weighted by Crippen LogP contribution is -2.36. The van der Waals surface area contributed by atoms with Gasteiger partial charge in [0.1, 0.15) is 0 Å². The van der Waals surface area contributed by atoms with Gasteiger partial charge in [-0.15, -0.1) is 0 Å². The van der Waals surface area contributed by atoms with E-state index in [0.717, 1.165) is 35.2 Å². The Kier molecular flexibility index (Phi) is 8.13. The molecule has 0 aliphatic carbocycles. The number of rotatable bonds is 8. The number of halogens is 1. The van der Waals surface area contributed by atoms with Gasteiger partial charge in [-0.1, -0.05) is 66.2 Å². The molecular formula is C21H28BrN3O. The third-order valence-corrected chi connectivity index (χ3v) is 5.02. The van der Waals surface area contributed by atoms with E-state index in [4.69, 9.17) is 0 Å². The molecule has 2 aromatic carbocycles. The summed E-state index contributed by atoms with van der Waals surface area (Å²) in [4.78, 5) is 14.5. The average molecular weight is 418 g/mol. The molecule has 5 heteroatoms. The van der Waals surface area contributed by atoms with Crippen LogP contribution in [0.3, 0.4) is 0 Å². The first-order chi connectivity index (χ1) is 12.5. The highest BCUT2D eigenvalue weighted by Gasteiger charge is 2.09. The quantitative estimate of drug-likeness (QED) is 0.644. The predicted molar refractivity (Wildman–Crippen MR) is 111 cm³/mol. The van der Waals surface area contributed by atoms with Gasteiger partial charge in [-0.3, -0.25) is 4.90 Å². The first-order valence-electron chi connectivity index (χ1n) is 9.11. The van der Waals surface area contributed by atoms with Gasteiger partial charge >= 0.3 is 6.03 Å². The molecule has 2 aromatic rings. The molecule has 26 heavy (non-hydrogen) atoms. The van der Waals surface area contributed by atoms with Crippen molar-refractivity contribution in [3.63, 3.8) is 0 Å². The second kappa shape index (κ2) is 10.3. The van der Waals surface area contributed by atoms with Crippen LogP contribution >= 0.6 is 15.9 Å². The maximum Gasteiger partial charge on any atom is 0.315 e. The fourth-order valence-electron chi connectivity index (χ4n) is 2.73. The minimum absolute atomic E-state index is 0.0421. The van der Waals surface area contributed by atoms with Crippen LogP contribution in [0.1, 0.15) is 43.5 Å². The number of benzene rings is 2. The van der Waals surface area contributed by atoms with Crippen molar-refractivity contribution in [2.75, 3.05) is 13.1 Å². The normalized spacial score (nSPS) is 12.0. The molecule has 0 heterocycles. The lowest BCUT2D eigenvalue weighted by atomic mass is 10.1. The van der Waals surface area contributed by atoms with Gasteiger partial charge in [-0.2, -0.15) is 0 Å². The highest BCUT2D eigenvalue weighted by molar-refractivity contribution is 9.10. The van der Waals surface area contributed by atoms with Crippen LogP contribution in [0, 0.1) is 0 Å². The number of hydrogen-bond acceptors (Lipinski definition) is 2. The molecule has 140 valence electrons. The fourth-order valence-corrected chi connectivity index (χ4v) is 3.00. The Labute approximate surface area is 165 Å². The SMILES string of the molecule is CCN(CC)Cc1ccc(CNC(=O)NC(C)c2ccc(Br)cc2)cc1. The van der Waals surface area contributed by atoms with Crippen LogP contribution in [0.15, 0.2) is 53.0 Å². The molecule has 0 aliphatic heterocycles. The van der Waals surface area contributed by atoms with Crippen LogP contribution in [-0.2, 0) is 13.1 Å². The van der Waals surface area contributed by atoms with Crippen LogP contribution in [0.4, 0.5) is 4.79 Å². The van der Waals surface area contributed by atoms with Crippen molar-refractivity contribution in [3.8, 4) is 0 Å². The van der Waals surface area contributed by atoms with E-state index in [2.05, 4.69) is 69.6 Å². The van der Waals surface area contributed by atoms with E-state index < -0.39 is 0 Å². The van der Waals surface area contributed by atoms with Crippen molar-refractivity contribution in [3.05, 3.63) is 69.7 Å². The van der Waals surface area contributed by atoms with E-state index >= 15 is 0 Å². The van der Waals surface area contributed by atoms with Gasteiger partial charge in [0, 0.05) is 17.6 Å². The van der Waals surface area contributed by atoms with Crippen molar-refractivity contribution in [2.45, 2.75) is 39.9 Å². The number of nitrogens with one attached hydrogen (secondary N) is 2. The third kappa shape index (κ3) is 6.46. The number of urea groups is 1. The standard InChI is InChI=1S/C21H28BrN3O/c1-4-25(5-2)15-18-8-6-17(7-9-18)14-23-21(26)24-16(3)19-10-12-20(22)13-11-19/h6-13,16H,4-5,14-15H2,1-3H3,(H2,23,24,26). The Hall–Kier alpha value is -1.85. The zero-order valence-electron chi connectivity index (χ0n) is 15.8. The molecule has 2 rings (SSSR count). The molecule has 4 nitrogen and oxygen atoms in total. The molecule has 0 aliphatic rings. The van der Waals surface area contributed by atoms with Gasteiger partial charge in [-0.05, 0) is 48.8 Å². The van der Waals surface area contributed by atoms with Crippen LogP contribution in [0.25, 0.3) is 0 Å². The molecular weight excluding hydrogens is 390 g/mol. The molecule has 0 saturated carbocycles. The summed E-state index contributed by atoms with van der Waals surface area (Å²) in [7, 11) is 0. The van der Waals surface area contributed by atoms with E-state index in [1.54, 1.807) is 0 Å². The van der Waals surface area contributed by atoms with Crippen molar-refractivity contribution in [2.24, 2.45) is 0 Å². The second-order valence-electron chi connectivity index (χ2n) is 6.38. The van der Waals surface area contributed by atoms with E-state index in [0.29, 0.717) is 6.54 Å². The lowest BCUT2D eigenvalue weighted by molar-refractivity contribution is 0.237. The highest BCUT2D eigenvalue weighted by atomic mass is 79.9. The summed E-state index contributed by atoms with van der Waals surface area (Å²) in [5.74, 6) is 0. The summed E-state index contributed by atoms with van der Waals surface area (Å²) in [5.41, 5.74) is 3.47. The lowest BCUT2D eigenvalue weighted by Gasteiger charge is -2.18. The number of carbonyl (C=O) groups excluding carboxylic acids is 1. The molecule has 0 fully saturated rings. The summed E-state index contributed by atoms with van der Waals surface area (Å²) in [5, 5.41) is 5.89. The van der Waals surface area contributed by atoms with Crippen LogP contribution in [-0.4, -0.2) is 24.0 Å². The Morgan fingerprint density at radius 3 is 2.15 bits per heavy atom. The zero-order valence-corrected chi connectivity index (χ0v) is 17.3. The van der Waals surface area contributed by atoms with E-state index in [1.807, 2.05) is 31.2 Å². The van der Waals surface area contributed by atoms with Gasteiger partial charge < -0.3 is 10.6 Å². The predicted octanol–water partition coefficient (Wildman–Crippen LogP) is 4.85. The highest BCUT2D eigenvalue weighted by Crippen LogP contribution is 2.16. The minimum atomic E-state index is -0.160. The number of hydrogen-bond donors (Lipinski definition) is 2. The van der Waals surface area contributed by atoms with Crippen LogP contribution < -0.4 is 10.6 Å². The first kappa shape index (κ1) is 20.5. The van der Waals surface area contributed by atoms with Crippen molar-refractivity contribution < 1.29 is 4.79 Å². The second-order valence-corrected chi connectivity index (χ2v) is 7.29. The molecule has 1 unspecified atom stereocenters. The monoisotopic (exact) mass is 417 g/mol. The Morgan fingerprint density at radius 1 is 1.00 bits per heavy atom. The van der Waals surface area contributed by atoms with Gasteiger partial charge in [0.15, 0.2) is 0 Å². The van der Waals surface area contributed by atoms with Gasteiger partial charge in [0.05, 0.1) is 6.04 Å². The number of amides is 2. The first-order valence-corrected chi connectivity index (χ1v) is 9.91. The third-order valence-electron chi connectivity index (χ3n) is 4.49. The van der Waals surface area contributed by atoms with E-state index in [9.17, 15) is 4.79 Å². The van der Waals surface area contributed by atoms with Crippen molar-refractivity contribution >= 4 is 22.0 Å². The molecule has 2 amide bonds. The molecule has 0 aromatic heterocycles. The molecule has 0 spiro atoms. The Bertz CT molecular complexity index is 681. The van der Waals surface area contributed by atoms with Gasteiger partial charge in [-0.25, -0.2) is 4.79 Å². The summed E-state index contributed by atoms with van der Waals surface area (Å²) in [6.07, 6.45) is 0. The fraction of sp³-hybridized carbons (Fsp3) is 0.381. The van der Waals surface area contributed by atoms with Gasteiger partial charge in [0.2, 0.25) is 0 Å². The molecule has 0 bridgehead atoms. The number of carbonyl (C=O) groups is 1. The molecule has 2 N–H and O–H groups in total. The average Bonchev–Trinajstić information content (AvgIpc) is 2.65. The van der Waals surface area contributed by atoms with Crippen molar-refractivity contribution in [1.82, 2.24) is 15.5 Å². The largest absolute Gasteiger partial charge is 0.334 e. The van der Waals surface area contributed by atoms with Gasteiger partial charge in [0.25, 0.3) is 0 Å². The van der Waals surface area contributed by atoms with Crippen LogP contribution in [0.2, 0.25) is 0 Å². The Morgan fingerprint density at radius 2 is 1.58 bits per heavy atom. The zero-order chi connectivity index (χ0) is 18.9. The molecule has 0 radical (unpaired) electrons. The maximum atomic E-state index is 12.1. The van der Waals surface area contributed by atoms with E-state index in [1.165, 1.54) is 5.56 Å². The molecule has 0 saturated heterocycles. The van der Waals surface area contributed by atoms with Crippen molar-refractivity contribution in [1.29, 1.82) is 0 Å².